The highest BCUT2D eigenvalue weighted by Gasteiger charge is 2.44. The molecule has 7 atom stereocenters. The lowest BCUT2D eigenvalue weighted by Gasteiger charge is -2.40. The van der Waals surface area contributed by atoms with Crippen LogP contribution in [0.25, 0.3) is 0 Å². The summed E-state index contributed by atoms with van der Waals surface area (Å²) in [6.45, 7) is 3.78. The zero-order valence-electron chi connectivity index (χ0n) is 46.5. The minimum absolute atomic E-state index is 0.186. The second-order valence-electron chi connectivity index (χ2n) is 21.5. The summed E-state index contributed by atoms with van der Waals surface area (Å²) in [4.78, 5) is 13.1. The minimum atomic E-state index is -1.57. The van der Waals surface area contributed by atoms with Gasteiger partial charge in [0.05, 0.1) is 25.4 Å². The molecule has 1 amide bonds. The summed E-state index contributed by atoms with van der Waals surface area (Å²) < 4.78 is 11.3. The van der Waals surface area contributed by atoms with Crippen LogP contribution in [0, 0.1) is 0 Å². The van der Waals surface area contributed by atoms with Gasteiger partial charge in [-0.2, -0.15) is 0 Å². The van der Waals surface area contributed by atoms with Crippen molar-refractivity contribution in [2.45, 2.75) is 339 Å². The molecule has 0 aliphatic carbocycles. The Kier molecular flexibility index (Phi) is 49.3. The first-order valence-electron chi connectivity index (χ1n) is 30.7. The maximum Gasteiger partial charge on any atom is 0.220 e. The molecule has 0 aromatic rings. The summed E-state index contributed by atoms with van der Waals surface area (Å²) in [5.74, 6) is -0.186. The Morgan fingerprint density at radius 3 is 1.18 bits per heavy atom. The van der Waals surface area contributed by atoms with E-state index in [1.165, 1.54) is 231 Å². The van der Waals surface area contributed by atoms with Crippen molar-refractivity contribution >= 4 is 5.91 Å². The molecule has 7 unspecified atom stereocenters. The third kappa shape index (κ3) is 41.4. The van der Waals surface area contributed by atoms with Crippen molar-refractivity contribution in [1.82, 2.24) is 5.32 Å². The molecule has 6 N–H and O–H groups in total. The van der Waals surface area contributed by atoms with Crippen LogP contribution in [-0.2, 0) is 14.3 Å². The molecule has 0 saturated carbocycles. The Bertz CT molecular complexity index is 1210. The number of unbranched alkanes of at least 4 members (excludes halogenated alkanes) is 39. The Labute approximate surface area is 438 Å². The maximum atomic E-state index is 13.1. The molecule has 1 aliphatic heterocycles. The predicted octanol–water partition coefficient (Wildman–Crippen LogP) is 15.5. The van der Waals surface area contributed by atoms with Gasteiger partial charge in [-0.15, -0.1) is 0 Å². The number of ether oxygens (including phenoxy) is 2. The van der Waals surface area contributed by atoms with Gasteiger partial charge in [-0.05, 0) is 44.9 Å². The maximum absolute atomic E-state index is 13.1. The highest BCUT2D eigenvalue weighted by Crippen LogP contribution is 2.23. The quantitative estimate of drug-likeness (QED) is 0.0261. The number of rotatable bonds is 53. The average Bonchev–Trinajstić information content (AvgIpc) is 3.37. The number of hydrogen-bond donors (Lipinski definition) is 6. The van der Waals surface area contributed by atoms with E-state index in [4.69, 9.17) is 9.47 Å². The number of nitrogens with one attached hydrogen (secondary N) is 1. The monoisotopic (exact) mass is 1000 g/mol. The van der Waals surface area contributed by atoms with Crippen LogP contribution in [0.3, 0.4) is 0 Å². The first-order chi connectivity index (χ1) is 34.8. The zero-order chi connectivity index (χ0) is 51.5. The van der Waals surface area contributed by atoms with Crippen LogP contribution in [0.5, 0.6) is 0 Å². The van der Waals surface area contributed by atoms with Gasteiger partial charge in [0.1, 0.15) is 24.4 Å². The molecule has 0 spiro atoms. The summed E-state index contributed by atoms with van der Waals surface area (Å²) in [6.07, 6.45) is 60.9. The van der Waals surface area contributed by atoms with Crippen LogP contribution in [0.1, 0.15) is 296 Å². The molecule has 71 heavy (non-hydrogen) atoms. The summed E-state index contributed by atoms with van der Waals surface area (Å²) in [6, 6.07) is -0.826. The molecule has 0 radical (unpaired) electrons. The van der Waals surface area contributed by atoms with Crippen LogP contribution in [0.15, 0.2) is 36.5 Å². The van der Waals surface area contributed by atoms with E-state index in [0.717, 1.165) is 44.9 Å². The molecule has 1 saturated heterocycles. The first kappa shape index (κ1) is 67.4. The van der Waals surface area contributed by atoms with Gasteiger partial charge in [0.2, 0.25) is 5.91 Å². The van der Waals surface area contributed by atoms with Gasteiger partial charge in [0, 0.05) is 6.42 Å². The van der Waals surface area contributed by atoms with Crippen molar-refractivity contribution in [3.05, 3.63) is 36.5 Å². The van der Waals surface area contributed by atoms with Crippen LogP contribution in [0.2, 0.25) is 0 Å². The van der Waals surface area contributed by atoms with Crippen molar-refractivity contribution in [3.8, 4) is 0 Å². The van der Waals surface area contributed by atoms with Crippen molar-refractivity contribution in [1.29, 1.82) is 0 Å². The lowest BCUT2D eigenvalue weighted by atomic mass is 9.99. The number of aliphatic hydroxyl groups is 5. The Hall–Kier alpha value is -1.59. The van der Waals surface area contributed by atoms with Gasteiger partial charge in [-0.1, -0.05) is 281 Å². The van der Waals surface area contributed by atoms with Crippen LogP contribution >= 0.6 is 0 Å². The van der Waals surface area contributed by atoms with E-state index in [2.05, 4.69) is 43.5 Å². The molecule has 1 heterocycles. The van der Waals surface area contributed by atoms with Crippen molar-refractivity contribution in [2.75, 3.05) is 13.2 Å². The number of amides is 1. The zero-order valence-corrected chi connectivity index (χ0v) is 46.5. The highest BCUT2D eigenvalue weighted by molar-refractivity contribution is 5.76. The van der Waals surface area contributed by atoms with E-state index in [1.807, 2.05) is 6.08 Å². The third-order valence-electron chi connectivity index (χ3n) is 14.7. The number of hydrogen-bond acceptors (Lipinski definition) is 8. The smallest absolute Gasteiger partial charge is 0.220 e. The summed E-state index contributed by atoms with van der Waals surface area (Å²) >= 11 is 0. The topological polar surface area (TPSA) is 149 Å². The molecule has 0 aromatic carbocycles. The van der Waals surface area contributed by atoms with E-state index in [0.29, 0.717) is 6.42 Å². The second kappa shape index (κ2) is 51.9. The van der Waals surface area contributed by atoms with E-state index >= 15 is 0 Å². The molecule has 418 valence electrons. The molecule has 9 nitrogen and oxygen atoms in total. The fourth-order valence-electron chi connectivity index (χ4n) is 9.84. The molecular formula is C62H117NO8. The van der Waals surface area contributed by atoms with Gasteiger partial charge in [0.15, 0.2) is 6.29 Å². The lowest BCUT2D eigenvalue weighted by Crippen LogP contribution is -2.60. The summed E-state index contributed by atoms with van der Waals surface area (Å²) in [5, 5.41) is 54.5. The normalized spacial score (nSPS) is 19.5. The van der Waals surface area contributed by atoms with Gasteiger partial charge in [-0.3, -0.25) is 4.79 Å². The van der Waals surface area contributed by atoms with Crippen LogP contribution < -0.4 is 5.32 Å². The summed E-state index contributed by atoms with van der Waals surface area (Å²) in [7, 11) is 0. The van der Waals surface area contributed by atoms with Gasteiger partial charge in [0.25, 0.3) is 0 Å². The van der Waals surface area contributed by atoms with Gasteiger partial charge < -0.3 is 40.3 Å². The molecule has 0 aromatic heterocycles. The van der Waals surface area contributed by atoms with Gasteiger partial charge >= 0.3 is 0 Å². The standard InChI is InChI=1S/C62H117NO8/c1-3-5-7-9-11-13-15-17-19-21-22-23-24-25-26-27-28-29-30-31-32-33-34-36-38-40-42-44-46-48-50-52-58(66)63-55(54-70-62-61(69)60(68)59(67)57(53-64)71-62)56(65)51-49-47-45-43-41-39-37-35-20-18-16-14-12-10-8-6-4-2/h20,35,41,43,49,51,55-57,59-62,64-65,67-69H,3-19,21-34,36-40,42,44-48,50,52-54H2,1-2H3,(H,63,66)/b35-20+,43-41+,51-49+. The highest BCUT2D eigenvalue weighted by atomic mass is 16.7. The van der Waals surface area contributed by atoms with Crippen LogP contribution in [0.4, 0.5) is 0 Å². The molecule has 9 heteroatoms. The summed E-state index contributed by atoms with van der Waals surface area (Å²) in [5.41, 5.74) is 0. The van der Waals surface area contributed by atoms with Gasteiger partial charge in [-0.25, -0.2) is 0 Å². The molecule has 0 bridgehead atoms. The fraction of sp³-hybridized carbons (Fsp3) is 0.887. The Balaban J connectivity index is 2.15. The van der Waals surface area contributed by atoms with E-state index in [-0.39, 0.29) is 12.5 Å². The first-order valence-corrected chi connectivity index (χ1v) is 30.7. The molecule has 1 fully saturated rings. The van der Waals surface area contributed by atoms with Crippen molar-refractivity contribution in [3.63, 3.8) is 0 Å². The lowest BCUT2D eigenvalue weighted by molar-refractivity contribution is -0.302. The number of allylic oxidation sites excluding steroid dienone is 5. The van der Waals surface area contributed by atoms with E-state index < -0.39 is 49.5 Å². The minimum Gasteiger partial charge on any atom is -0.394 e. The Morgan fingerprint density at radius 2 is 0.803 bits per heavy atom. The fourth-order valence-corrected chi connectivity index (χ4v) is 9.84. The average molecular weight is 1000 g/mol. The molecule has 1 rings (SSSR count). The second-order valence-corrected chi connectivity index (χ2v) is 21.5. The molecular weight excluding hydrogens is 887 g/mol. The SMILES string of the molecule is CCCCCCCCC/C=C/CC/C=C/CC/C=C/C(O)C(COC1OC(CO)C(O)C(O)C1O)NC(=O)CCCCCCCCCCCCCCCCCCCCCCCCCCCCCCCCC. The largest absolute Gasteiger partial charge is 0.394 e. The van der Waals surface area contributed by atoms with E-state index in [1.54, 1.807) is 6.08 Å². The number of aliphatic hydroxyl groups excluding tert-OH is 5. The number of carbonyl (C=O) groups excluding carboxylic acids is 1. The van der Waals surface area contributed by atoms with Crippen molar-refractivity contribution in [2.24, 2.45) is 0 Å². The van der Waals surface area contributed by atoms with Crippen molar-refractivity contribution < 1.29 is 39.8 Å². The van der Waals surface area contributed by atoms with Crippen LogP contribution in [-0.4, -0.2) is 87.5 Å². The predicted molar refractivity (Wildman–Crippen MR) is 300 cm³/mol. The third-order valence-corrected chi connectivity index (χ3v) is 14.7. The molecule has 1 aliphatic rings. The van der Waals surface area contributed by atoms with E-state index in [9.17, 15) is 30.3 Å². The Morgan fingerprint density at radius 1 is 0.465 bits per heavy atom. The number of carbonyl (C=O) groups is 1.